The average molecular weight is 435 g/mol. The summed E-state index contributed by atoms with van der Waals surface area (Å²) in [5, 5.41) is 0. The summed E-state index contributed by atoms with van der Waals surface area (Å²) in [5.74, 6) is 0. The minimum absolute atomic E-state index is 0. The van der Waals surface area contributed by atoms with Gasteiger partial charge in [-0.25, -0.2) is 0 Å². The average Bonchev–Trinajstić information content (AvgIpc) is 1.49. The number of hydrogen-bond donors (Lipinski definition) is 2. The normalized spacial score (nSPS) is 10.2. The van der Waals surface area contributed by atoms with E-state index < -0.39 is 29.7 Å². The van der Waals surface area contributed by atoms with Gasteiger partial charge in [0.25, 0.3) is 0 Å². The van der Waals surface area contributed by atoms with Crippen molar-refractivity contribution in [1.82, 2.24) is 0 Å². The van der Waals surface area contributed by atoms with Gasteiger partial charge in [-0.2, -0.15) is 21.0 Å². The molecule has 0 saturated heterocycles. The first-order valence-electron chi connectivity index (χ1n) is 1.87. The first-order valence-corrected chi connectivity index (χ1v) is 7.79. The van der Waals surface area contributed by atoms with Crippen LogP contribution in [0.4, 0.5) is 0 Å². The molecule has 7 nitrogen and oxygen atoms in total. The molecule has 82 valence electrons. The summed E-state index contributed by atoms with van der Waals surface area (Å²) >= 11 is 2.61. The summed E-state index contributed by atoms with van der Waals surface area (Å²) < 4.78 is 57.5. The zero-order valence-corrected chi connectivity index (χ0v) is 9.22. The summed E-state index contributed by atoms with van der Waals surface area (Å²) in [4.78, 5) is 0. The molecular formula is H6K4O7S5. The van der Waals surface area contributed by atoms with Gasteiger partial charge in [-0.05, 0) is 23.3 Å². The minimum atomic E-state index is -4.32. The van der Waals surface area contributed by atoms with Crippen LogP contribution in [0.3, 0.4) is 0 Å². The third-order valence-corrected chi connectivity index (χ3v) is 3.64. The van der Waals surface area contributed by atoms with Crippen LogP contribution in [0, 0.1) is 0 Å². The Kier molecular flexibility index (Phi) is 36.8. The second kappa shape index (κ2) is 17.1. The van der Waals surface area contributed by atoms with Crippen LogP contribution in [-0.4, -0.2) is 227 Å². The molecule has 0 heterocycles. The van der Waals surface area contributed by atoms with Crippen LogP contribution in [0.15, 0.2) is 0 Å². The molecule has 0 aromatic rings. The molecule has 0 atom stereocenters. The number of rotatable bonds is 4. The van der Waals surface area contributed by atoms with Crippen LogP contribution in [0.25, 0.3) is 0 Å². The summed E-state index contributed by atoms with van der Waals surface area (Å²) in [7, 11) is -8.65. The molecule has 0 aromatic heterocycles. The Morgan fingerprint density at radius 3 is 1.06 bits per heavy atom. The summed E-state index contributed by atoms with van der Waals surface area (Å²) in [5.41, 5.74) is 0. The predicted octanol–water partition coefficient (Wildman–Crippen LogP) is -3.65. The van der Waals surface area contributed by atoms with Crippen molar-refractivity contribution in [3.8, 4) is 0 Å². The molecule has 16 heteroatoms. The summed E-state index contributed by atoms with van der Waals surface area (Å²) in [6.45, 7) is 0. The van der Waals surface area contributed by atoms with E-state index in [1.807, 2.05) is 0 Å². The van der Waals surface area contributed by atoms with E-state index in [-0.39, 0.29) is 206 Å². The second-order valence-corrected chi connectivity index (χ2v) is 7.09. The molecule has 16 heavy (non-hydrogen) atoms. The third-order valence-electron chi connectivity index (χ3n) is 0.283. The standard InChI is InChI=1S/4K.H2O7S5.4H/c;;;;1-10(6-11(2,3)8)7-12(4,5)9;;;;/h;;;;(H,2,3,8)(H,4,5,9);;;;. The monoisotopic (exact) mass is 434 g/mol. The van der Waals surface area contributed by atoms with Gasteiger partial charge in [0.1, 0.15) is 0 Å². The van der Waals surface area contributed by atoms with Crippen molar-refractivity contribution in [3.63, 3.8) is 0 Å². The first kappa shape index (κ1) is 34.5. The molecule has 0 fully saturated rings. The van der Waals surface area contributed by atoms with Gasteiger partial charge in [0, 0.05) is 0 Å². The van der Waals surface area contributed by atoms with Gasteiger partial charge in [0.15, 0.2) is 0 Å². The fraction of sp³-hybridized carbons (Fsp3) is 0. The Morgan fingerprint density at radius 1 is 0.750 bits per heavy atom. The molecule has 0 aliphatic rings. The van der Waals surface area contributed by atoms with Gasteiger partial charge in [0.05, 0.1) is 0 Å². The van der Waals surface area contributed by atoms with E-state index in [0.29, 0.717) is 0 Å². The number of hydrogen-bond acceptors (Lipinski definition) is 7. The molecule has 0 rings (SSSR count). The van der Waals surface area contributed by atoms with E-state index >= 15 is 0 Å². The van der Waals surface area contributed by atoms with E-state index in [0.717, 1.165) is 0 Å². The van der Waals surface area contributed by atoms with Gasteiger partial charge >= 0.3 is 235 Å². The maximum atomic E-state index is 10.3. The summed E-state index contributed by atoms with van der Waals surface area (Å²) in [6, 6.07) is 0. The number of thiol groups is 2. The quantitative estimate of drug-likeness (QED) is 0.267. The second-order valence-electron chi connectivity index (χ2n) is 1.20. The van der Waals surface area contributed by atoms with Crippen molar-refractivity contribution < 1.29 is 28.3 Å². The van der Waals surface area contributed by atoms with Crippen LogP contribution in [0.5, 0.6) is 0 Å². The van der Waals surface area contributed by atoms with Crippen LogP contribution in [0.2, 0.25) is 0 Å². The van der Waals surface area contributed by atoms with Gasteiger partial charge in [0.2, 0.25) is 0 Å². The van der Waals surface area contributed by atoms with Crippen molar-refractivity contribution in [1.29, 1.82) is 0 Å². The maximum absolute atomic E-state index is 10.3. The van der Waals surface area contributed by atoms with Crippen molar-refractivity contribution in [2.45, 2.75) is 0 Å². The molecule has 0 radical (unpaired) electrons. The molecule has 0 amide bonds. The van der Waals surface area contributed by atoms with E-state index in [4.69, 9.17) is 0 Å². The molecular weight excluding hydrogens is 429 g/mol. The van der Waals surface area contributed by atoms with E-state index in [1.165, 1.54) is 0 Å². The Balaban J connectivity index is -0.000000101. The molecule has 0 bridgehead atoms. The van der Waals surface area contributed by atoms with Crippen LogP contribution < -0.4 is 0 Å². The first-order chi connectivity index (χ1) is 5.10. The van der Waals surface area contributed by atoms with E-state index in [1.54, 1.807) is 0 Å². The summed E-state index contributed by atoms with van der Waals surface area (Å²) in [6.07, 6.45) is 0. The zero-order valence-electron chi connectivity index (χ0n) is 4.98. The molecule has 0 N–H and O–H groups in total. The van der Waals surface area contributed by atoms with E-state index in [9.17, 15) is 21.0 Å². The van der Waals surface area contributed by atoms with Gasteiger partial charge in [-0.1, -0.05) is 0 Å². The van der Waals surface area contributed by atoms with Gasteiger partial charge in [-0.15, -0.1) is 7.26 Å². The van der Waals surface area contributed by atoms with Crippen LogP contribution >= 0.6 is 23.3 Å². The molecule has 0 unspecified atom stereocenters. The van der Waals surface area contributed by atoms with Crippen LogP contribution in [-0.2, 0) is 36.9 Å². The van der Waals surface area contributed by atoms with Crippen molar-refractivity contribution in [2.75, 3.05) is 0 Å². The fourth-order valence-corrected chi connectivity index (χ4v) is 2.46. The topological polar surface area (TPSA) is 104 Å². The Labute approximate surface area is 277 Å². The molecule has 0 spiro atoms. The molecule has 0 saturated carbocycles. The fourth-order valence-electron chi connectivity index (χ4n) is 0.152. The molecule has 0 aromatic carbocycles. The zero-order chi connectivity index (χ0) is 9.99. The van der Waals surface area contributed by atoms with Gasteiger partial charge in [-0.3, -0.25) is 0 Å². The van der Waals surface area contributed by atoms with Crippen LogP contribution in [0.1, 0.15) is 0 Å². The Hall–Kier alpha value is 7.22. The van der Waals surface area contributed by atoms with Crippen molar-refractivity contribution in [3.05, 3.63) is 0 Å². The van der Waals surface area contributed by atoms with Gasteiger partial charge < -0.3 is 0 Å². The molecule has 0 aliphatic heterocycles. The SMILES string of the molecule is O=S(OS(=O)(=O)S)OS(=O)(=O)S.[KH].[KH].[KH].[KH]. The predicted molar refractivity (Wildman–Crippen MR) is 74.7 cm³/mol. The Morgan fingerprint density at radius 2 is 0.938 bits per heavy atom. The van der Waals surface area contributed by atoms with Crippen molar-refractivity contribution >= 4 is 259 Å². The third kappa shape index (κ3) is 29.3. The molecule has 0 aliphatic carbocycles. The van der Waals surface area contributed by atoms with Crippen molar-refractivity contribution in [2.24, 2.45) is 0 Å². The van der Waals surface area contributed by atoms with E-state index in [2.05, 4.69) is 30.6 Å². The Bertz CT molecular complexity index is 332.